The fourth-order valence-corrected chi connectivity index (χ4v) is 1.83. The minimum absolute atomic E-state index is 0.767. The van der Waals surface area contributed by atoms with Crippen molar-refractivity contribution in [3.63, 3.8) is 0 Å². The van der Waals surface area contributed by atoms with E-state index in [9.17, 15) is 0 Å². The lowest BCUT2D eigenvalue weighted by Gasteiger charge is -2.04. The normalized spacial score (nSPS) is 10.5. The van der Waals surface area contributed by atoms with Crippen molar-refractivity contribution in [2.75, 3.05) is 6.61 Å². The van der Waals surface area contributed by atoms with Crippen LogP contribution in [-0.4, -0.2) is 6.61 Å². The smallest absolute Gasteiger partial charge is 0.128 e. The van der Waals surface area contributed by atoms with Crippen LogP contribution < -0.4 is 4.74 Å². The molecule has 0 saturated carbocycles. The first kappa shape index (κ1) is 8.57. The first-order valence-electron chi connectivity index (χ1n) is 4.35. The Bertz CT molecular complexity index is 392. The van der Waals surface area contributed by atoms with E-state index >= 15 is 0 Å². The second kappa shape index (κ2) is 3.79. The Balaban J connectivity index is 2.37. The van der Waals surface area contributed by atoms with Crippen LogP contribution in [0.4, 0.5) is 0 Å². The van der Waals surface area contributed by atoms with E-state index in [2.05, 4.69) is 17.7 Å². The third-order valence-corrected chi connectivity index (χ3v) is 2.43. The molecule has 0 amide bonds. The lowest BCUT2D eigenvalue weighted by molar-refractivity contribution is 0.321. The molecule has 1 aromatic heterocycles. The molecule has 0 saturated heterocycles. The van der Waals surface area contributed by atoms with E-state index in [1.54, 1.807) is 0 Å². The highest BCUT2D eigenvalue weighted by atomic mass is 32.1. The van der Waals surface area contributed by atoms with Gasteiger partial charge in [-0.1, -0.05) is 19.1 Å². The summed E-state index contributed by atoms with van der Waals surface area (Å²) in [5.41, 5.74) is 0. The minimum atomic E-state index is 0.767. The van der Waals surface area contributed by atoms with Crippen LogP contribution in [0, 0.1) is 10.8 Å². The molecule has 1 heterocycles. The lowest BCUT2D eigenvalue weighted by atomic mass is 10.2. The Hall–Kier alpha value is -1.02. The zero-order chi connectivity index (χ0) is 9.10. The van der Waals surface area contributed by atoms with Gasteiger partial charge in [-0.15, -0.1) is 11.3 Å². The lowest BCUT2D eigenvalue weighted by Crippen LogP contribution is -1.94. The summed E-state index contributed by atoms with van der Waals surface area (Å²) in [5, 5.41) is 8.45. The molecule has 0 fully saturated rings. The van der Waals surface area contributed by atoms with E-state index in [-0.39, 0.29) is 0 Å². The van der Waals surface area contributed by atoms with Crippen LogP contribution in [0.2, 0.25) is 0 Å². The first-order chi connectivity index (χ1) is 6.42. The van der Waals surface area contributed by atoms with Crippen LogP contribution in [0.3, 0.4) is 0 Å². The standard InChI is InChI=1S/C11H10OS/c1-2-6-12-11-5-3-4-9-7-13-8-10(9)11/h3-5H,2,6H2,1H3. The maximum atomic E-state index is 5.58. The fraction of sp³-hybridized carbons (Fsp3) is 0.273. The van der Waals surface area contributed by atoms with Gasteiger partial charge in [0.1, 0.15) is 5.75 Å². The molecule has 0 spiro atoms. The molecule has 0 N–H and O–H groups in total. The van der Waals surface area contributed by atoms with Gasteiger partial charge in [-0.2, -0.15) is 0 Å². The number of benzene rings is 1. The monoisotopic (exact) mass is 190 g/mol. The van der Waals surface area contributed by atoms with Gasteiger partial charge in [-0.3, -0.25) is 0 Å². The van der Waals surface area contributed by atoms with E-state index in [4.69, 9.17) is 4.74 Å². The van der Waals surface area contributed by atoms with E-state index in [1.807, 2.05) is 18.2 Å². The number of fused-ring (bicyclic) bond motifs is 1. The molecule has 1 aromatic carbocycles. The Kier molecular flexibility index (Phi) is 2.50. The van der Waals surface area contributed by atoms with Crippen LogP contribution in [0.15, 0.2) is 18.2 Å². The maximum absolute atomic E-state index is 5.58. The van der Waals surface area contributed by atoms with Crippen molar-refractivity contribution in [3.8, 4) is 5.75 Å². The molecule has 2 radical (unpaired) electrons. The largest absolute Gasteiger partial charge is 0.493 e. The predicted molar refractivity (Wildman–Crippen MR) is 55.3 cm³/mol. The predicted octanol–water partition coefficient (Wildman–Crippen LogP) is 3.29. The van der Waals surface area contributed by atoms with Gasteiger partial charge < -0.3 is 4.74 Å². The van der Waals surface area contributed by atoms with Crippen molar-refractivity contribution >= 4 is 22.1 Å². The molecule has 1 nitrogen and oxygen atoms in total. The molecule has 13 heavy (non-hydrogen) atoms. The first-order valence-corrected chi connectivity index (χ1v) is 5.17. The highest BCUT2D eigenvalue weighted by Gasteiger charge is 2.02. The van der Waals surface area contributed by atoms with Crippen molar-refractivity contribution in [1.82, 2.24) is 0 Å². The van der Waals surface area contributed by atoms with Crippen molar-refractivity contribution < 1.29 is 4.74 Å². The SMILES string of the molecule is CCCOc1cccc2[c]s[c]c12. The molecule has 0 aliphatic carbocycles. The molecular weight excluding hydrogens is 180 g/mol. The van der Waals surface area contributed by atoms with Crippen LogP contribution >= 0.6 is 11.3 Å². The number of ether oxygens (including phenoxy) is 1. The fourth-order valence-electron chi connectivity index (χ4n) is 1.19. The molecule has 0 unspecified atom stereocenters. The van der Waals surface area contributed by atoms with Crippen LogP contribution in [0.25, 0.3) is 10.8 Å². The maximum Gasteiger partial charge on any atom is 0.128 e. The van der Waals surface area contributed by atoms with Crippen LogP contribution in [0.5, 0.6) is 5.75 Å². The second-order valence-electron chi connectivity index (χ2n) is 2.83. The third-order valence-electron chi connectivity index (χ3n) is 1.80. The molecule has 2 aromatic rings. The number of thiophene rings is 1. The van der Waals surface area contributed by atoms with Gasteiger partial charge in [0.05, 0.1) is 17.4 Å². The zero-order valence-corrected chi connectivity index (χ0v) is 8.28. The van der Waals surface area contributed by atoms with Gasteiger partial charge in [-0.05, 0) is 12.5 Å². The number of hydrogen-bond acceptors (Lipinski definition) is 2. The van der Waals surface area contributed by atoms with Gasteiger partial charge in [0, 0.05) is 10.8 Å². The summed E-state index contributed by atoms with van der Waals surface area (Å²) < 4.78 is 5.58. The molecule has 2 rings (SSSR count). The summed E-state index contributed by atoms with van der Waals surface area (Å²) in [4.78, 5) is 0. The summed E-state index contributed by atoms with van der Waals surface area (Å²) in [7, 11) is 0. The Morgan fingerprint density at radius 3 is 3.15 bits per heavy atom. The van der Waals surface area contributed by atoms with Gasteiger partial charge in [0.15, 0.2) is 0 Å². The topological polar surface area (TPSA) is 9.23 Å². The summed E-state index contributed by atoms with van der Waals surface area (Å²) in [6, 6.07) is 6.00. The van der Waals surface area contributed by atoms with Crippen molar-refractivity contribution in [1.29, 1.82) is 0 Å². The van der Waals surface area contributed by atoms with Crippen molar-refractivity contribution in [2.45, 2.75) is 13.3 Å². The van der Waals surface area contributed by atoms with Crippen LogP contribution in [-0.2, 0) is 0 Å². The van der Waals surface area contributed by atoms with Gasteiger partial charge in [-0.25, -0.2) is 0 Å². The van der Waals surface area contributed by atoms with E-state index < -0.39 is 0 Å². The molecule has 2 heteroatoms. The van der Waals surface area contributed by atoms with Gasteiger partial charge >= 0.3 is 0 Å². The van der Waals surface area contributed by atoms with Crippen LogP contribution in [0.1, 0.15) is 13.3 Å². The van der Waals surface area contributed by atoms with Crippen molar-refractivity contribution in [2.24, 2.45) is 0 Å². The highest BCUT2D eigenvalue weighted by Crippen LogP contribution is 2.27. The Morgan fingerprint density at radius 2 is 2.31 bits per heavy atom. The summed E-state index contributed by atoms with van der Waals surface area (Å²) in [6.45, 7) is 2.87. The highest BCUT2D eigenvalue weighted by molar-refractivity contribution is 7.08. The zero-order valence-electron chi connectivity index (χ0n) is 7.46. The number of rotatable bonds is 3. The second-order valence-corrected chi connectivity index (χ2v) is 3.45. The van der Waals surface area contributed by atoms with Gasteiger partial charge in [0.25, 0.3) is 0 Å². The molecular formula is C11H10OS. The average molecular weight is 190 g/mol. The van der Waals surface area contributed by atoms with E-state index in [0.29, 0.717) is 0 Å². The summed E-state index contributed by atoms with van der Waals surface area (Å²) in [6.07, 6.45) is 1.03. The molecule has 0 atom stereocenters. The average Bonchev–Trinajstić information content (AvgIpc) is 2.62. The molecule has 0 bridgehead atoms. The Morgan fingerprint density at radius 1 is 1.38 bits per heavy atom. The van der Waals surface area contributed by atoms with Gasteiger partial charge in [0.2, 0.25) is 0 Å². The molecule has 66 valence electrons. The molecule has 0 aliphatic rings. The molecule has 0 aliphatic heterocycles. The quantitative estimate of drug-likeness (QED) is 0.721. The Labute approximate surface area is 82.0 Å². The minimum Gasteiger partial charge on any atom is -0.493 e. The van der Waals surface area contributed by atoms with Crippen molar-refractivity contribution in [3.05, 3.63) is 29.0 Å². The number of hydrogen-bond donors (Lipinski definition) is 0. The van der Waals surface area contributed by atoms with E-state index in [0.717, 1.165) is 29.5 Å². The summed E-state index contributed by atoms with van der Waals surface area (Å²) >= 11 is 1.47. The van der Waals surface area contributed by atoms with E-state index in [1.165, 1.54) is 11.3 Å². The summed E-state index contributed by atoms with van der Waals surface area (Å²) in [5.74, 6) is 0.928. The third kappa shape index (κ3) is 1.68.